The highest BCUT2D eigenvalue weighted by molar-refractivity contribution is 5.96. The van der Waals surface area contributed by atoms with Crippen LogP contribution >= 0.6 is 0 Å². The molecule has 1 aliphatic heterocycles. The Kier molecular flexibility index (Phi) is 6.36. The molecule has 7 nitrogen and oxygen atoms in total. The summed E-state index contributed by atoms with van der Waals surface area (Å²) < 4.78 is 10.9. The Labute approximate surface area is 147 Å². The minimum absolute atomic E-state index is 0.000538. The number of amides is 1. The molecule has 2 N–H and O–H groups in total. The standard InChI is InChI=1S/C18H26N2O5/c1-18(2,3)7-4-14(17(22)23)20-16(21)12-5-8-19-15(10-12)25-13-6-9-24-11-13/h5,8,10,13-14H,4,6-7,9,11H2,1-3H3,(H,20,21)(H,22,23). The van der Waals surface area contributed by atoms with E-state index in [4.69, 9.17) is 9.47 Å². The molecule has 0 spiro atoms. The van der Waals surface area contributed by atoms with Gasteiger partial charge in [-0.05, 0) is 24.3 Å². The number of nitrogens with one attached hydrogen (secondary N) is 1. The van der Waals surface area contributed by atoms with E-state index in [0.717, 1.165) is 6.42 Å². The molecule has 2 unspecified atom stereocenters. The van der Waals surface area contributed by atoms with Crippen molar-refractivity contribution in [1.29, 1.82) is 0 Å². The summed E-state index contributed by atoms with van der Waals surface area (Å²) in [5.41, 5.74) is 0.324. The van der Waals surface area contributed by atoms with Crippen molar-refractivity contribution in [3.63, 3.8) is 0 Å². The van der Waals surface area contributed by atoms with Gasteiger partial charge in [0, 0.05) is 24.2 Å². The Hall–Kier alpha value is -2.15. The minimum Gasteiger partial charge on any atom is -0.480 e. The number of aliphatic carboxylic acids is 1. The van der Waals surface area contributed by atoms with Crippen molar-refractivity contribution in [2.45, 2.75) is 52.2 Å². The van der Waals surface area contributed by atoms with E-state index >= 15 is 0 Å². The highest BCUT2D eigenvalue weighted by atomic mass is 16.5. The second-order valence-corrected chi connectivity index (χ2v) is 7.45. The van der Waals surface area contributed by atoms with E-state index in [2.05, 4.69) is 10.3 Å². The Morgan fingerprint density at radius 1 is 1.48 bits per heavy atom. The molecule has 1 fully saturated rings. The molecular weight excluding hydrogens is 324 g/mol. The van der Waals surface area contributed by atoms with E-state index in [1.807, 2.05) is 20.8 Å². The maximum absolute atomic E-state index is 12.4. The molecule has 1 amide bonds. The van der Waals surface area contributed by atoms with Crippen molar-refractivity contribution in [2.24, 2.45) is 5.41 Å². The van der Waals surface area contributed by atoms with Crippen molar-refractivity contribution >= 4 is 11.9 Å². The maximum atomic E-state index is 12.4. The van der Waals surface area contributed by atoms with Gasteiger partial charge in [-0.25, -0.2) is 9.78 Å². The molecule has 1 saturated heterocycles. The predicted octanol–water partition coefficient (Wildman–Crippen LogP) is 2.26. The van der Waals surface area contributed by atoms with Crippen LogP contribution in [0.3, 0.4) is 0 Å². The SMILES string of the molecule is CC(C)(C)CCC(NC(=O)c1ccnc(OC2CCOC2)c1)C(=O)O. The molecule has 1 aromatic rings. The molecule has 138 valence electrons. The molecule has 2 atom stereocenters. The third-order valence-electron chi connectivity index (χ3n) is 3.96. The topological polar surface area (TPSA) is 97.8 Å². The van der Waals surface area contributed by atoms with Crippen LogP contribution in [0.25, 0.3) is 0 Å². The first-order chi connectivity index (χ1) is 11.7. The molecule has 0 saturated carbocycles. The van der Waals surface area contributed by atoms with Crippen LogP contribution in [0.4, 0.5) is 0 Å². The number of hydrogen-bond acceptors (Lipinski definition) is 5. The van der Waals surface area contributed by atoms with Crippen molar-refractivity contribution < 1.29 is 24.2 Å². The van der Waals surface area contributed by atoms with Crippen LogP contribution in [0.5, 0.6) is 5.88 Å². The number of carboxylic acids is 1. The fourth-order valence-corrected chi connectivity index (χ4v) is 2.47. The second-order valence-electron chi connectivity index (χ2n) is 7.45. The number of nitrogens with zero attached hydrogens (tertiary/aromatic N) is 1. The normalized spacial score (nSPS) is 18.6. The molecule has 0 bridgehead atoms. The lowest BCUT2D eigenvalue weighted by molar-refractivity contribution is -0.139. The Morgan fingerprint density at radius 3 is 2.84 bits per heavy atom. The zero-order valence-electron chi connectivity index (χ0n) is 14.9. The molecule has 0 radical (unpaired) electrons. The molecule has 1 aliphatic rings. The predicted molar refractivity (Wildman–Crippen MR) is 91.7 cm³/mol. The van der Waals surface area contributed by atoms with Crippen molar-refractivity contribution in [3.8, 4) is 5.88 Å². The number of carbonyl (C=O) groups excluding carboxylic acids is 1. The van der Waals surface area contributed by atoms with E-state index in [0.29, 0.717) is 37.5 Å². The van der Waals surface area contributed by atoms with Gasteiger partial charge in [0.2, 0.25) is 5.88 Å². The van der Waals surface area contributed by atoms with E-state index in [1.54, 1.807) is 0 Å². The number of pyridine rings is 1. The lowest BCUT2D eigenvalue weighted by Crippen LogP contribution is -2.41. The van der Waals surface area contributed by atoms with Crippen LogP contribution in [0.2, 0.25) is 0 Å². The summed E-state index contributed by atoms with van der Waals surface area (Å²) in [5, 5.41) is 11.9. The van der Waals surface area contributed by atoms with Crippen molar-refractivity contribution in [2.75, 3.05) is 13.2 Å². The van der Waals surface area contributed by atoms with Gasteiger partial charge in [0.05, 0.1) is 13.2 Å². The summed E-state index contributed by atoms with van der Waals surface area (Å²) in [7, 11) is 0. The highest BCUT2D eigenvalue weighted by Gasteiger charge is 2.24. The Morgan fingerprint density at radius 2 is 2.24 bits per heavy atom. The smallest absolute Gasteiger partial charge is 0.326 e. The quantitative estimate of drug-likeness (QED) is 0.783. The zero-order valence-corrected chi connectivity index (χ0v) is 14.9. The highest BCUT2D eigenvalue weighted by Crippen LogP contribution is 2.22. The number of ether oxygens (including phenoxy) is 2. The van der Waals surface area contributed by atoms with Gasteiger partial charge in [0.25, 0.3) is 5.91 Å². The first-order valence-electron chi connectivity index (χ1n) is 8.49. The minimum atomic E-state index is -1.04. The monoisotopic (exact) mass is 350 g/mol. The summed E-state index contributed by atoms with van der Waals surface area (Å²) in [4.78, 5) is 27.9. The van der Waals surface area contributed by atoms with E-state index in [9.17, 15) is 14.7 Å². The molecule has 2 rings (SSSR count). The molecule has 2 heterocycles. The first kappa shape index (κ1) is 19.2. The van der Waals surface area contributed by atoms with Crippen molar-refractivity contribution in [3.05, 3.63) is 23.9 Å². The first-order valence-corrected chi connectivity index (χ1v) is 8.49. The van der Waals surface area contributed by atoms with Crippen LogP contribution < -0.4 is 10.1 Å². The van der Waals surface area contributed by atoms with Gasteiger partial charge in [0.1, 0.15) is 12.1 Å². The molecule has 0 aliphatic carbocycles. The van der Waals surface area contributed by atoms with Gasteiger partial charge >= 0.3 is 5.97 Å². The zero-order chi connectivity index (χ0) is 18.4. The Balaban J connectivity index is 1.99. The van der Waals surface area contributed by atoms with E-state index in [1.165, 1.54) is 18.3 Å². The van der Waals surface area contributed by atoms with Crippen LogP contribution in [0.1, 0.15) is 50.4 Å². The summed E-state index contributed by atoms with van der Waals surface area (Å²) in [5.74, 6) is -1.15. The van der Waals surface area contributed by atoms with Crippen LogP contribution in [0.15, 0.2) is 18.3 Å². The summed E-state index contributed by atoms with van der Waals surface area (Å²) in [6.07, 6.45) is 3.26. The average Bonchev–Trinajstić information content (AvgIpc) is 3.03. The third-order valence-corrected chi connectivity index (χ3v) is 3.96. The number of carboxylic acid groups (broad SMARTS) is 1. The van der Waals surface area contributed by atoms with Gasteiger partial charge in [-0.3, -0.25) is 4.79 Å². The van der Waals surface area contributed by atoms with Crippen LogP contribution in [-0.2, 0) is 9.53 Å². The second kappa shape index (κ2) is 8.29. The fraction of sp³-hybridized carbons (Fsp3) is 0.611. The van der Waals surface area contributed by atoms with Gasteiger partial charge in [-0.1, -0.05) is 20.8 Å². The molecule has 0 aromatic carbocycles. The van der Waals surface area contributed by atoms with Gasteiger partial charge in [-0.2, -0.15) is 0 Å². The number of hydrogen-bond donors (Lipinski definition) is 2. The summed E-state index contributed by atoms with van der Waals surface area (Å²) >= 11 is 0. The van der Waals surface area contributed by atoms with Gasteiger partial charge in [0.15, 0.2) is 0 Å². The fourth-order valence-electron chi connectivity index (χ4n) is 2.47. The van der Waals surface area contributed by atoms with Gasteiger partial charge in [-0.15, -0.1) is 0 Å². The van der Waals surface area contributed by atoms with E-state index in [-0.39, 0.29) is 11.5 Å². The summed E-state index contributed by atoms with van der Waals surface area (Å²) in [6, 6.07) is 2.14. The lowest BCUT2D eigenvalue weighted by atomic mass is 9.88. The van der Waals surface area contributed by atoms with Crippen LogP contribution in [0, 0.1) is 5.41 Å². The number of carbonyl (C=O) groups is 2. The van der Waals surface area contributed by atoms with Gasteiger partial charge < -0.3 is 19.9 Å². The lowest BCUT2D eigenvalue weighted by Gasteiger charge is -2.21. The van der Waals surface area contributed by atoms with E-state index < -0.39 is 17.9 Å². The number of rotatable bonds is 7. The van der Waals surface area contributed by atoms with Crippen LogP contribution in [-0.4, -0.2) is 47.3 Å². The molecule has 7 heteroatoms. The van der Waals surface area contributed by atoms with Crippen molar-refractivity contribution in [1.82, 2.24) is 10.3 Å². The number of aromatic nitrogens is 1. The largest absolute Gasteiger partial charge is 0.480 e. The molecular formula is C18H26N2O5. The average molecular weight is 350 g/mol. The summed E-state index contributed by atoms with van der Waals surface area (Å²) in [6.45, 7) is 7.26. The molecule has 25 heavy (non-hydrogen) atoms. The third kappa shape index (κ3) is 6.34. The maximum Gasteiger partial charge on any atom is 0.326 e. The molecule has 1 aromatic heterocycles. The Bertz CT molecular complexity index is 606.